The summed E-state index contributed by atoms with van der Waals surface area (Å²) in [6, 6.07) is 11.5. The van der Waals surface area contributed by atoms with Crippen molar-refractivity contribution in [2.75, 3.05) is 41.7 Å². The highest BCUT2D eigenvalue weighted by Gasteiger charge is 2.14. The predicted octanol–water partition coefficient (Wildman–Crippen LogP) is 3.10. The average molecular weight is 421 g/mol. The molecule has 0 atom stereocenters. The Morgan fingerprint density at radius 1 is 1.03 bits per heavy atom. The molecule has 1 fully saturated rings. The molecule has 0 radical (unpaired) electrons. The van der Waals surface area contributed by atoms with E-state index in [4.69, 9.17) is 0 Å². The number of nitrogens with one attached hydrogen (secondary N) is 4. The molecule has 31 heavy (non-hydrogen) atoms. The summed E-state index contributed by atoms with van der Waals surface area (Å²) < 4.78 is 0. The maximum atomic E-state index is 12.1. The van der Waals surface area contributed by atoms with E-state index in [1.54, 1.807) is 12.3 Å². The summed E-state index contributed by atoms with van der Waals surface area (Å²) in [5, 5.41) is 13.0. The van der Waals surface area contributed by atoms with E-state index in [0.29, 0.717) is 17.4 Å². The lowest BCUT2D eigenvalue weighted by atomic mass is 10.1. The number of carbonyl (C=O) groups excluding carboxylic acids is 1. The molecule has 1 aromatic carbocycles. The van der Waals surface area contributed by atoms with Crippen LogP contribution in [0, 0.1) is 0 Å². The van der Waals surface area contributed by atoms with Crippen LogP contribution in [0.25, 0.3) is 11.0 Å². The molecule has 9 heteroatoms. The van der Waals surface area contributed by atoms with Crippen molar-refractivity contribution in [3.05, 3.63) is 42.6 Å². The first-order chi connectivity index (χ1) is 14.9. The second kappa shape index (κ2) is 8.73. The summed E-state index contributed by atoms with van der Waals surface area (Å²) in [6.07, 6.45) is 1.71. The Balaban J connectivity index is 1.46. The summed E-state index contributed by atoms with van der Waals surface area (Å²) in [5.74, 6) is 0.880. The first kappa shape index (κ1) is 20.8. The average Bonchev–Trinajstić information content (AvgIpc) is 2.73. The largest absolute Gasteiger partial charge is 0.369 e. The number of amides is 2. The van der Waals surface area contributed by atoms with Gasteiger partial charge < -0.3 is 20.9 Å². The minimum absolute atomic E-state index is 0.309. The van der Waals surface area contributed by atoms with Gasteiger partial charge in [-0.05, 0) is 57.2 Å². The van der Waals surface area contributed by atoms with Crippen molar-refractivity contribution in [3.8, 4) is 0 Å². The number of carbonyl (C=O) groups is 1. The number of rotatable bonds is 4. The van der Waals surface area contributed by atoms with Crippen LogP contribution in [0.3, 0.4) is 0 Å². The van der Waals surface area contributed by atoms with Crippen LogP contribution in [-0.4, -0.2) is 52.7 Å². The minimum Gasteiger partial charge on any atom is -0.369 e. The lowest BCUT2D eigenvalue weighted by Gasteiger charge is -2.29. The van der Waals surface area contributed by atoms with Gasteiger partial charge in [0, 0.05) is 54.7 Å². The molecule has 3 aromatic rings. The molecule has 2 aromatic heterocycles. The normalized spacial score (nSPS) is 14.4. The molecule has 2 amide bonds. The van der Waals surface area contributed by atoms with E-state index < -0.39 is 0 Å². The van der Waals surface area contributed by atoms with Crippen LogP contribution in [0.2, 0.25) is 0 Å². The number of piperazine rings is 1. The van der Waals surface area contributed by atoms with Gasteiger partial charge in [-0.3, -0.25) is 5.32 Å². The van der Waals surface area contributed by atoms with Crippen LogP contribution in [0.1, 0.15) is 20.8 Å². The van der Waals surface area contributed by atoms with Gasteiger partial charge in [0.1, 0.15) is 5.82 Å². The zero-order valence-electron chi connectivity index (χ0n) is 18.1. The molecule has 0 spiro atoms. The molecule has 0 saturated carbocycles. The molecule has 4 rings (SSSR count). The van der Waals surface area contributed by atoms with Crippen molar-refractivity contribution >= 4 is 40.2 Å². The van der Waals surface area contributed by atoms with Crippen LogP contribution in [0.5, 0.6) is 0 Å². The number of hydrogen-bond acceptors (Lipinski definition) is 7. The molecular weight excluding hydrogens is 392 g/mol. The number of fused-ring (bicyclic) bond motifs is 1. The molecule has 0 bridgehead atoms. The molecule has 0 unspecified atom stereocenters. The number of aromatic nitrogens is 3. The van der Waals surface area contributed by atoms with Crippen molar-refractivity contribution in [2.45, 2.75) is 26.3 Å². The number of nitrogens with zero attached hydrogens (tertiary/aromatic N) is 4. The van der Waals surface area contributed by atoms with E-state index in [9.17, 15) is 4.79 Å². The van der Waals surface area contributed by atoms with Gasteiger partial charge in [-0.2, -0.15) is 4.98 Å². The predicted molar refractivity (Wildman–Crippen MR) is 124 cm³/mol. The second-order valence-corrected chi connectivity index (χ2v) is 8.54. The second-order valence-electron chi connectivity index (χ2n) is 8.54. The summed E-state index contributed by atoms with van der Waals surface area (Å²) in [6.45, 7) is 9.79. The standard InChI is InChI=1S/C22H28N8O/c1-22(2,3)29-21(31)27-18-9-4-15-14-24-20(28-19(15)26-18)25-16-5-7-17(8-6-16)30-12-10-23-11-13-30/h4-9,14,23H,10-13H2,1-3H3,(H3,24,25,26,27,28,29,31). The fourth-order valence-electron chi connectivity index (χ4n) is 3.34. The first-order valence-corrected chi connectivity index (χ1v) is 10.4. The Morgan fingerprint density at radius 3 is 2.48 bits per heavy atom. The highest BCUT2D eigenvalue weighted by Crippen LogP contribution is 2.21. The number of pyridine rings is 1. The van der Waals surface area contributed by atoms with Gasteiger partial charge in [-0.15, -0.1) is 0 Å². The molecule has 1 saturated heterocycles. The van der Waals surface area contributed by atoms with Crippen LogP contribution in [0.4, 0.5) is 27.9 Å². The van der Waals surface area contributed by atoms with E-state index in [1.807, 2.05) is 39.0 Å². The third-order valence-corrected chi connectivity index (χ3v) is 4.78. The van der Waals surface area contributed by atoms with Gasteiger partial charge in [0.2, 0.25) is 5.95 Å². The van der Waals surface area contributed by atoms with Gasteiger partial charge in [0.25, 0.3) is 0 Å². The molecule has 3 heterocycles. The summed E-state index contributed by atoms with van der Waals surface area (Å²) in [7, 11) is 0. The van der Waals surface area contributed by atoms with Crippen LogP contribution in [-0.2, 0) is 0 Å². The number of hydrogen-bond donors (Lipinski definition) is 4. The topological polar surface area (TPSA) is 107 Å². The Kier molecular flexibility index (Phi) is 5.85. The molecule has 0 aliphatic carbocycles. The van der Waals surface area contributed by atoms with Gasteiger partial charge in [0.05, 0.1) is 0 Å². The van der Waals surface area contributed by atoms with Gasteiger partial charge in [0.15, 0.2) is 5.65 Å². The molecule has 1 aliphatic rings. The van der Waals surface area contributed by atoms with E-state index in [0.717, 1.165) is 37.3 Å². The number of urea groups is 1. The van der Waals surface area contributed by atoms with Gasteiger partial charge >= 0.3 is 6.03 Å². The monoisotopic (exact) mass is 420 g/mol. The highest BCUT2D eigenvalue weighted by atomic mass is 16.2. The third kappa shape index (κ3) is 5.58. The van der Waals surface area contributed by atoms with E-state index >= 15 is 0 Å². The quantitative estimate of drug-likeness (QED) is 0.514. The van der Waals surface area contributed by atoms with Gasteiger partial charge in [-0.1, -0.05) is 0 Å². The van der Waals surface area contributed by atoms with Crippen molar-refractivity contribution in [3.63, 3.8) is 0 Å². The molecular formula is C22H28N8O. The van der Waals surface area contributed by atoms with Gasteiger partial charge in [-0.25, -0.2) is 14.8 Å². The smallest absolute Gasteiger partial charge is 0.320 e. The van der Waals surface area contributed by atoms with Crippen molar-refractivity contribution in [2.24, 2.45) is 0 Å². The molecule has 1 aliphatic heterocycles. The first-order valence-electron chi connectivity index (χ1n) is 10.4. The van der Waals surface area contributed by atoms with Crippen LogP contribution >= 0.6 is 0 Å². The maximum Gasteiger partial charge on any atom is 0.320 e. The molecule has 4 N–H and O–H groups in total. The van der Waals surface area contributed by atoms with Crippen LogP contribution in [0.15, 0.2) is 42.6 Å². The fourth-order valence-corrected chi connectivity index (χ4v) is 3.34. The molecule has 162 valence electrons. The SMILES string of the molecule is CC(C)(C)NC(=O)Nc1ccc2cnc(Nc3ccc(N4CCNCC4)cc3)nc2n1. The number of anilines is 4. The summed E-state index contributed by atoms with van der Waals surface area (Å²) in [5.41, 5.74) is 2.28. The summed E-state index contributed by atoms with van der Waals surface area (Å²) in [4.78, 5) is 27.8. The van der Waals surface area contributed by atoms with Crippen molar-refractivity contribution < 1.29 is 4.79 Å². The fraction of sp³-hybridized carbons (Fsp3) is 0.364. The highest BCUT2D eigenvalue weighted by molar-refractivity contribution is 5.90. The maximum absolute atomic E-state index is 12.1. The Labute approximate surface area is 181 Å². The Bertz CT molecular complexity index is 1060. The molecule has 9 nitrogen and oxygen atoms in total. The lowest BCUT2D eigenvalue weighted by molar-refractivity contribution is 0.243. The third-order valence-electron chi connectivity index (χ3n) is 4.78. The Morgan fingerprint density at radius 2 is 1.77 bits per heavy atom. The number of benzene rings is 1. The van der Waals surface area contributed by atoms with Crippen molar-refractivity contribution in [1.82, 2.24) is 25.6 Å². The van der Waals surface area contributed by atoms with E-state index in [1.165, 1.54) is 5.69 Å². The zero-order valence-corrected chi connectivity index (χ0v) is 18.1. The van der Waals surface area contributed by atoms with Crippen molar-refractivity contribution in [1.29, 1.82) is 0 Å². The van der Waals surface area contributed by atoms with E-state index in [2.05, 4.69) is 53.3 Å². The zero-order chi connectivity index (χ0) is 21.8. The lowest BCUT2D eigenvalue weighted by Crippen LogP contribution is -2.43. The Hall–Kier alpha value is -3.46. The minimum atomic E-state index is -0.333. The summed E-state index contributed by atoms with van der Waals surface area (Å²) >= 11 is 0. The van der Waals surface area contributed by atoms with Crippen LogP contribution < -0.4 is 26.2 Å². The van der Waals surface area contributed by atoms with E-state index in [-0.39, 0.29) is 11.6 Å².